The number of hydrogen-bond acceptors (Lipinski definition) is 4. The Balaban J connectivity index is 1.55. The van der Waals surface area contributed by atoms with Crippen LogP contribution in [0.5, 0.6) is 0 Å². The lowest BCUT2D eigenvalue weighted by Gasteiger charge is -2.22. The van der Waals surface area contributed by atoms with Crippen molar-refractivity contribution in [3.8, 4) is 5.69 Å². The summed E-state index contributed by atoms with van der Waals surface area (Å²) in [6.07, 6.45) is 1.04. The van der Waals surface area contributed by atoms with E-state index in [4.69, 9.17) is 10.1 Å². The summed E-state index contributed by atoms with van der Waals surface area (Å²) in [5.74, 6) is 0.0140. The zero-order chi connectivity index (χ0) is 26.9. The zero-order valence-electron chi connectivity index (χ0n) is 23.5. The lowest BCUT2D eigenvalue weighted by molar-refractivity contribution is -0.116. The van der Waals surface area contributed by atoms with E-state index < -0.39 is 0 Å². The second kappa shape index (κ2) is 10.8. The van der Waals surface area contributed by atoms with E-state index >= 15 is 0 Å². The molecule has 0 aliphatic carbocycles. The van der Waals surface area contributed by atoms with Crippen molar-refractivity contribution in [2.75, 3.05) is 23.3 Å². The molecule has 1 N–H and O–H groups in total. The molecule has 0 aliphatic heterocycles. The van der Waals surface area contributed by atoms with Crippen LogP contribution in [-0.2, 0) is 11.2 Å². The van der Waals surface area contributed by atoms with Crippen LogP contribution in [-0.4, -0.2) is 33.8 Å². The molecule has 6 heteroatoms. The number of aryl methyl sites for hydroxylation is 6. The van der Waals surface area contributed by atoms with E-state index in [2.05, 4.69) is 75.2 Å². The Morgan fingerprint density at radius 2 is 1.62 bits per heavy atom. The fraction of sp³-hybridized carbons (Fsp3) is 0.387. The van der Waals surface area contributed by atoms with Crippen LogP contribution in [0, 0.1) is 41.5 Å². The Labute approximate surface area is 220 Å². The van der Waals surface area contributed by atoms with Crippen molar-refractivity contribution in [2.45, 2.75) is 68.2 Å². The van der Waals surface area contributed by atoms with Crippen molar-refractivity contribution >= 4 is 28.3 Å². The predicted molar refractivity (Wildman–Crippen MR) is 154 cm³/mol. The van der Waals surface area contributed by atoms with Gasteiger partial charge in [-0.25, -0.2) is 9.67 Å². The van der Waals surface area contributed by atoms with Crippen LogP contribution >= 0.6 is 0 Å². The lowest BCUT2D eigenvalue weighted by atomic mass is 9.99. The van der Waals surface area contributed by atoms with Gasteiger partial charge in [-0.15, -0.1) is 0 Å². The number of benzene rings is 2. The Bertz CT molecular complexity index is 1460. The van der Waals surface area contributed by atoms with Gasteiger partial charge in [0.05, 0.1) is 11.4 Å². The standard InChI is InChI=1S/C31H39N5O/c1-9-35(10-2)25-13-15-28(21(5)18-25)33-29(37)16-14-27-22(6)30-24(8)34-36(31(30)32-23(27)7)26-12-11-19(3)20(4)17-26/h11-13,15,17-18H,9-10,14,16H2,1-8H3,(H,33,37). The van der Waals surface area contributed by atoms with Gasteiger partial charge in [0.15, 0.2) is 5.65 Å². The molecule has 1 amide bonds. The van der Waals surface area contributed by atoms with Crippen molar-refractivity contribution < 1.29 is 4.79 Å². The number of fused-ring (bicyclic) bond motifs is 1. The van der Waals surface area contributed by atoms with Gasteiger partial charge in [0, 0.05) is 42.0 Å². The molecular formula is C31H39N5O. The summed E-state index contributed by atoms with van der Waals surface area (Å²) in [6.45, 7) is 18.7. The van der Waals surface area contributed by atoms with Crippen molar-refractivity contribution in [2.24, 2.45) is 0 Å². The zero-order valence-corrected chi connectivity index (χ0v) is 23.5. The molecule has 0 saturated carbocycles. The van der Waals surface area contributed by atoms with Gasteiger partial charge in [0.1, 0.15) is 0 Å². The van der Waals surface area contributed by atoms with E-state index in [0.29, 0.717) is 12.8 Å². The minimum Gasteiger partial charge on any atom is -0.372 e. The number of anilines is 2. The number of nitrogens with zero attached hydrogens (tertiary/aromatic N) is 4. The van der Waals surface area contributed by atoms with Crippen LogP contribution in [0.15, 0.2) is 36.4 Å². The third-order valence-corrected chi connectivity index (χ3v) is 7.52. The summed E-state index contributed by atoms with van der Waals surface area (Å²) in [5, 5.41) is 9.02. The van der Waals surface area contributed by atoms with Crippen molar-refractivity contribution in [3.63, 3.8) is 0 Å². The Morgan fingerprint density at radius 1 is 0.892 bits per heavy atom. The van der Waals surface area contributed by atoms with Crippen molar-refractivity contribution in [1.29, 1.82) is 0 Å². The molecule has 0 fully saturated rings. The molecule has 0 saturated heterocycles. The second-order valence-corrected chi connectivity index (χ2v) is 9.98. The van der Waals surface area contributed by atoms with Gasteiger partial charge in [0.2, 0.25) is 5.91 Å². The smallest absolute Gasteiger partial charge is 0.224 e. The number of pyridine rings is 1. The van der Waals surface area contributed by atoms with E-state index in [9.17, 15) is 4.79 Å². The van der Waals surface area contributed by atoms with E-state index in [1.54, 1.807) is 0 Å². The quantitative estimate of drug-likeness (QED) is 0.295. The third-order valence-electron chi connectivity index (χ3n) is 7.52. The molecule has 37 heavy (non-hydrogen) atoms. The lowest BCUT2D eigenvalue weighted by Crippen LogP contribution is -2.22. The Morgan fingerprint density at radius 3 is 2.27 bits per heavy atom. The van der Waals surface area contributed by atoms with Gasteiger partial charge in [0.25, 0.3) is 0 Å². The van der Waals surface area contributed by atoms with E-state index in [1.165, 1.54) is 16.8 Å². The minimum atomic E-state index is 0.0140. The number of amides is 1. The van der Waals surface area contributed by atoms with Gasteiger partial charge in [-0.2, -0.15) is 5.10 Å². The topological polar surface area (TPSA) is 63.1 Å². The molecular weight excluding hydrogens is 458 g/mol. The maximum absolute atomic E-state index is 12.9. The highest BCUT2D eigenvalue weighted by Gasteiger charge is 2.19. The first kappa shape index (κ1) is 26.4. The molecule has 0 radical (unpaired) electrons. The minimum absolute atomic E-state index is 0.0140. The molecule has 0 spiro atoms. The number of hydrogen-bond donors (Lipinski definition) is 1. The summed E-state index contributed by atoms with van der Waals surface area (Å²) in [4.78, 5) is 20.2. The molecule has 0 unspecified atom stereocenters. The molecule has 2 heterocycles. The number of carbonyl (C=O) groups is 1. The first-order valence-corrected chi connectivity index (χ1v) is 13.2. The molecule has 4 aromatic rings. The van der Waals surface area contributed by atoms with E-state index in [0.717, 1.165) is 63.6 Å². The first-order chi connectivity index (χ1) is 17.6. The number of aromatic nitrogens is 3. The highest BCUT2D eigenvalue weighted by molar-refractivity contribution is 5.92. The van der Waals surface area contributed by atoms with E-state index in [1.807, 2.05) is 31.5 Å². The molecule has 2 aromatic carbocycles. The summed E-state index contributed by atoms with van der Waals surface area (Å²) in [6, 6.07) is 12.6. The second-order valence-electron chi connectivity index (χ2n) is 9.98. The van der Waals surface area contributed by atoms with E-state index in [-0.39, 0.29) is 5.91 Å². The molecule has 6 nitrogen and oxygen atoms in total. The van der Waals surface area contributed by atoms with Gasteiger partial charge < -0.3 is 10.2 Å². The Kier molecular flexibility index (Phi) is 7.67. The normalized spacial score (nSPS) is 11.2. The van der Waals surface area contributed by atoms with Crippen LogP contribution in [0.4, 0.5) is 11.4 Å². The number of carbonyl (C=O) groups excluding carboxylic acids is 1. The van der Waals surface area contributed by atoms with Crippen LogP contribution in [0.3, 0.4) is 0 Å². The molecule has 0 bridgehead atoms. The summed E-state index contributed by atoms with van der Waals surface area (Å²) < 4.78 is 1.94. The van der Waals surface area contributed by atoms with Crippen LogP contribution in [0.2, 0.25) is 0 Å². The van der Waals surface area contributed by atoms with Crippen LogP contribution < -0.4 is 10.2 Å². The van der Waals surface area contributed by atoms with Crippen LogP contribution in [0.1, 0.15) is 59.5 Å². The number of nitrogens with one attached hydrogen (secondary N) is 1. The molecule has 0 aliphatic rings. The summed E-state index contributed by atoms with van der Waals surface area (Å²) in [7, 11) is 0. The van der Waals surface area contributed by atoms with Gasteiger partial charge in [-0.3, -0.25) is 4.79 Å². The van der Waals surface area contributed by atoms with Gasteiger partial charge in [-0.1, -0.05) is 6.07 Å². The summed E-state index contributed by atoms with van der Waals surface area (Å²) in [5.41, 5.74) is 11.7. The number of rotatable bonds is 8. The SMILES string of the molecule is CCN(CC)c1ccc(NC(=O)CCc2c(C)nc3c(c(C)nn3-c3ccc(C)c(C)c3)c2C)c(C)c1. The molecule has 4 rings (SSSR count). The fourth-order valence-electron chi connectivity index (χ4n) is 5.14. The maximum Gasteiger partial charge on any atom is 0.224 e. The molecule has 194 valence electrons. The average Bonchev–Trinajstić information content (AvgIpc) is 3.19. The first-order valence-electron chi connectivity index (χ1n) is 13.2. The third kappa shape index (κ3) is 5.24. The summed E-state index contributed by atoms with van der Waals surface area (Å²) >= 11 is 0. The predicted octanol–water partition coefficient (Wildman–Crippen LogP) is 6.69. The molecule has 0 atom stereocenters. The highest BCUT2D eigenvalue weighted by Crippen LogP contribution is 2.29. The largest absolute Gasteiger partial charge is 0.372 e. The van der Waals surface area contributed by atoms with Gasteiger partial charge in [-0.05, 0) is 120 Å². The van der Waals surface area contributed by atoms with Crippen LogP contribution in [0.25, 0.3) is 16.7 Å². The average molecular weight is 498 g/mol. The van der Waals surface area contributed by atoms with Gasteiger partial charge >= 0.3 is 0 Å². The monoisotopic (exact) mass is 497 g/mol. The van der Waals surface area contributed by atoms with Crippen molar-refractivity contribution in [1.82, 2.24) is 14.8 Å². The highest BCUT2D eigenvalue weighted by atomic mass is 16.1. The Hall–Kier alpha value is -3.67. The van der Waals surface area contributed by atoms with Crippen molar-refractivity contribution in [3.05, 3.63) is 75.6 Å². The maximum atomic E-state index is 12.9. The fourth-order valence-corrected chi connectivity index (χ4v) is 5.14. The molecule has 2 aromatic heterocycles.